The molecular weight excluding hydrogens is 455 g/mol. The van der Waals surface area contributed by atoms with Gasteiger partial charge in [-0.2, -0.15) is 0 Å². The quantitative estimate of drug-likeness (QED) is 0.339. The van der Waals surface area contributed by atoms with Gasteiger partial charge in [0.25, 0.3) is 5.91 Å². The molecule has 0 fully saturated rings. The minimum absolute atomic E-state index is 0.0201. The molecule has 186 valence electrons. The number of hydrogen-bond donors (Lipinski definition) is 2. The van der Waals surface area contributed by atoms with Crippen molar-refractivity contribution < 1.29 is 9.18 Å². The van der Waals surface area contributed by atoms with Crippen LogP contribution < -0.4 is 10.6 Å². The Hall–Kier alpha value is -3.94. The molecule has 36 heavy (non-hydrogen) atoms. The molecule has 0 aliphatic rings. The van der Waals surface area contributed by atoms with Crippen molar-refractivity contribution in [3.63, 3.8) is 0 Å². The molecule has 0 aliphatic heterocycles. The fraction of sp³-hybridized carbons (Fsp3) is 0.321. The van der Waals surface area contributed by atoms with E-state index in [0.717, 1.165) is 34.5 Å². The van der Waals surface area contributed by atoms with Gasteiger partial charge in [-0.25, -0.2) is 14.4 Å². The van der Waals surface area contributed by atoms with Gasteiger partial charge in [0, 0.05) is 42.5 Å². The summed E-state index contributed by atoms with van der Waals surface area (Å²) in [6.45, 7) is 9.13. The molecule has 8 heteroatoms. The number of nitrogens with zero attached hydrogens (tertiary/aromatic N) is 4. The summed E-state index contributed by atoms with van der Waals surface area (Å²) in [5.41, 5.74) is 4.41. The Morgan fingerprint density at radius 1 is 1.00 bits per heavy atom. The van der Waals surface area contributed by atoms with E-state index >= 15 is 0 Å². The number of pyridine rings is 2. The van der Waals surface area contributed by atoms with Crippen molar-refractivity contribution in [2.45, 2.75) is 39.5 Å². The Kier molecular flexibility index (Phi) is 7.52. The van der Waals surface area contributed by atoms with Crippen LogP contribution in [0.5, 0.6) is 0 Å². The molecule has 4 aromatic rings. The minimum atomic E-state index is -0.630. The van der Waals surface area contributed by atoms with Crippen LogP contribution in [-0.2, 0) is 0 Å². The van der Waals surface area contributed by atoms with Crippen molar-refractivity contribution in [1.82, 2.24) is 25.3 Å². The van der Waals surface area contributed by atoms with Gasteiger partial charge in [0.05, 0.1) is 23.0 Å². The van der Waals surface area contributed by atoms with Crippen LogP contribution >= 0.6 is 0 Å². The van der Waals surface area contributed by atoms with Crippen LogP contribution in [0.15, 0.2) is 55.1 Å². The first-order valence-corrected chi connectivity index (χ1v) is 12.1. The van der Waals surface area contributed by atoms with Crippen LogP contribution in [0.3, 0.4) is 0 Å². The summed E-state index contributed by atoms with van der Waals surface area (Å²) in [6, 6.07) is 11.5. The van der Waals surface area contributed by atoms with Gasteiger partial charge >= 0.3 is 0 Å². The number of aromatic nitrogens is 4. The fourth-order valence-corrected chi connectivity index (χ4v) is 4.20. The molecule has 0 aliphatic carbocycles. The highest BCUT2D eigenvalue weighted by molar-refractivity contribution is 6.06. The molecule has 1 amide bonds. The van der Waals surface area contributed by atoms with Crippen LogP contribution in [0.2, 0.25) is 0 Å². The van der Waals surface area contributed by atoms with Crippen LogP contribution in [-0.4, -0.2) is 39.4 Å². The Labute approximate surface area is 210 Å². The Balaban J connectivity index is 1.51. The number of fused-ring (bicyclic) bond motifs is 1. The first kappa shape index (κ1) is 25.2. The van der Waals surface area contributed by atoms with E-state index in [9.17, 15) is 9.18 Å². The van der Waals surface area contributed by atoms with E-state index in [4.69, 9.17) is 0 Å². The topological polar surface area (TPSA) is 92.7 Å². The summed E-state index contributed by atoms with van der Waals surface area (Å²) in [5.74, 6) is 0.286. The number of rotatable bonds is 8. The molecule has 0 saturated carbocycles. The first-order chi connectivity index (χ1) is 17.3. The highest BCUT2D eigenvalue weighted by Crippen LogP contribution is 2.32. The number of nitrogens with one attached hydrogen (secondary N) is 2. The zero-order valence-electron chi connectivity index (χ0n) is 21.2. The van der Waals surface area contributed by atoms with Crippen LogP contribution in [0.4, 0.5) is 10.2 Å². The number of amides is 1. The van der Waals surface area contributed by atoms with Gasteiger partial charge in [-0.3, -0.25) is 14.8 Å². The molecule has 2 atom stereocenters. The normalized spacial score (nSPS) is 13.0. The zero-order valence-corrected chi connectivity index (χ0v) is 21.2. The first-order valence-electron chi connectivity index (χ1n) is 12.1. The van der Waals surface area contributed by atoms with Crippen molar-refractivity contribution in [2.75, 3.05) is 18.9 Å². The zero-order chi connectivity index (χ0) is 25.8. The molecule has 2 N–H and O–H groups in total. The van der Waals surface area contributed by atoms with E-state index in [0.29, 0.717) is 23.4 Å². The molecule has 0 spiro atoms. The molecule has 3 heterocycles. The van der Waals surface area contributed by atoms with Crippen molar-refractivity contribution in [2.24, 2.45) is 5.92 Å². The van der Waals surface area contributed by atoms with Crippen molar-refractivity contribution in [3.05, 3.63) is 77.8 Å². The number of benzene rings is 1. The lowest BCUT2D eigenvalue weighted by Crippen LogP contribution is -2.21. The molecule has 3 aromatic heterocycles. The second-order valence-corrected chi connectivity index (χ2v) is 9.37. The van der Waals surface area contributed by atoms with Crippen LogP contribution in [0, 0.1) is 11.7 Å². The molecule has 7 nitrogen and oxygen atoms in total. The second-order valence-electron chi connectivity index (χ2n) is 9.37. The molecule has 1 aromatic carbocycles. The lowest BCUT2D eigenvalue weighted by atomic mass is 9.87. The van der Waals surface area contributed by atoms with E-state index in [1.807, 2.05) is 36.5 Å². The van der Waals surface area contributed by atoms with E-state index in [2.05, 4.69) is 58.3 Å². The molecule has 0 saturated heterocycles. The van der Waals surface area contributed by atoms with E-state index in [1.54, 1.807) is 12.4 Å². The summed E-state index contributed by atoms with van der Waals surface area (Å²) >= 11 is 0. The van der Waals surface area contributed by atoms with Gasteiger partial charge in [0.15, 0.2) is 5.82 Å². The third kappa shape index (κ3) is 5.17. The molecule has 0 radical (unpaired) electrons. The van der Waals surface area contributed by atoms with Gasteiger partial charge in [-0.15, -0.1) is 0 Å². The second kappa shape index (κ2) is 10.8. The predicted molar refractivity (Wildman–Crippen MR) is 141 cm³/mol. The summed E-state index contributed by atoms with van der Waals surface area (Å²) in [5, 5.41) is 6.44. The maximum atomic E-state index is 14.4. The third-order valence-electron chi connectivity index (χ3n) is 6.63. The molecular formula is C28H31FN6O. The molecule has 1 unspecified atom stereocenters. The maximum absolute atomic E-state index is 14.4. The van der Waals surface area contributed by atoms with Gasteiger partial charge in [-0.1, -0.05) is 45.9 Å². The number of anilines is 1. The maximum Gasteiger partial charge on any atom is 0.254 e. The average molecular weight is 487 g/mol. The fourth-order valence-electron chi connectivity index (χ4n) is 4.20. The van der Waals surface area contributed by atoms with Gasteiger partial charge < -0.3 is 10.6 Å². The van der Waals surface area contributed by atoms with E-state index in [1.165, 1.54) is 7.05 Å². The van der Waals surface area contributed by atoms with E-state index < -0.39 is 11.7 Å². The number of carbonyl (C=O) groups excluding carboxylic acids is 1. The lowest BCUT2D eigenvalue weighted by Gasteiger charge is -2.22. The number of para-hydroxylation sites is 1. The highest BCUT2D eigenvalue weighted by atomic mass is 19.1. The number of carbonyl (C=O) groups is 1. The van der Waals surface area contributed by atoms with Crippen molar-refractivity contribution in [3.8, 4) is 11.3 Å². The monoisotopic (exact) mass is 486 g/mol. The van der Waals surface area contributed by atoms with E-state index in [-0.39, 0.29) is 17.4 Å². The Bertz CT molecular complexity index is 1370. The van der Waals surface area contributed by atoms with Crippen LogP contribution in [0.25, 0.3) is 22.2 Å². The average Bonchev–Trinajstić information content (AvgIpc) is 2.90. The van der Waals surface area contributed by atoms with Crippen LogP contribution in [0.1, 0.15) is 61.1 Å². The standard InChI is InChI=1S/C28H31FN6O/c1-16(2)23-10-9-19(13-31-23)24-11-25(35-15-34-24)32-12-17(3)18(4)20-7-6-8-21-26(28(36)30-5)22(29)14-33-27(20)21/h6-11,13-18H,12H2,1-5H3,(H,30,36)(H,32,34,35)/t17-,18?/m1/s1. The summed E-state index contributed by atoms with van der Waals surface area (Å²) in [4.78, 5) is 29.9. The SMILES string of the molecule is CNC(=O)c1c(F)cnc2c(C(C)[C@H](C)CNc3cc(-c4ccc(C(C)C)nc4)ncn3)cccc12. The number of hydrogen-bond acceptors (Lipinski definition) is 6. The van der Waals surface area contributed by atoms with Crippen molar-refractivity contribution in [1.29, 1.82) is 0 Å². The largest absolute Gasteiger partial charge is 0.370 e. The van der Waals surface area contributed by atoms with Gasteiger partial charge in [0.2, 0.25) is 0 Å². The smallest absolute Gasteiger partial charge is 0.254 e. The molecule has 0 bridgehead atoms. The highest BCUT2D eigenvalue weighted by Gasteiger charge is 2.22. The van der Waals surface area contributed by atoms with Gasteiger partial charge in [0.1, 0.15) is 12.1 Å². The summed E-state index contributed by atoms with van der Waals surface area (Å²) in [7, 11) is 1.49. The number of halogens is 1. The summed E-state index contributed by atoms with van der Waals surface area (Å²) in [6.07, 6.45) is 4.51. The lowest BCUT2D eigenvalue weighted by molar-refractivity contribution is 0.0960. The minimum Gasteiger partial charge on any atom is -0.370 e. The summed E-state index contributed by atoms with van der Waals surface area (Å²) < 4.78 is 14.4. The third-order valence-corrected chi connectivity index (χ3v) is 6.63. The van der Waals surface area contributed by atoms with Crippen molar-refractivity contribution >= 4 is 22.6 Å². The van der Waals surface area contributed by atoms with Gasteiger partial charge in [-0.05, 0) is 35.4 Å². The predicted octanol–water partition coefficient (Wildman–Crippen LogP) is 5.56. The molecule has 4 rings (SSSR count). The Morgan fingerprint density at radius 2 is 1.81 bits per heavy atom. The Morgan fingerprint density at radius 3 is 2.50 bits per heavy atom.